The van der Waals surface area contributed by atoms with Crippen LogP contribution in [0.4, 0.5) is 15.8 Å². The van der Waals surface area contributed by atoms with Gasteiger partial charge in [-0.05, 0) is 19.8 Å². The Morgan fingerprint density at radius 1 is 1.55 bits per heavy atom. The van der Waals surface area contributed by atoms with E-state index in [9.17, 15) is 14.5 Å². The van der Waals surface area contributed by atoms with E-state index in [1.165, 1.54) is 13.2 Å². The summed E-state index contributed by atoms with van der Waals surface area (Å²) >= 11 is 0. The summed E-state index contributed by atoms with van der Waals surface area (Å²) in [6.07, 6.45) is 1.53. The van der Waals surface area contributed by atoms with Gasteiger partial charge in [0.05, 0.1) is 23.8 Å². The lowest BCUT2D eigenvalue weighted by Crippen LogP contribution is -2.46. The summed E-state index contributed by atoms with van der Waals surface area (Å²) in [6, 6.07) is 2.50. The van der Waals surface area contributed by atoms with Crippen LogP contribution in [0.15, 0.2) is 12.1 Å². The van der Waals surface area contributed by atoms with Gasteiger partial charge in [0.25, 0.3) is 0 Å². The molecule has 0 amide bonds. The lowest BCUT2D eigenvalue weighted by molar-refractivity contribution is -0.385. The van der Waals surface area contributed by atoms with Gasteiger partial charge in [0, 0.05) is 24.7 Å². The number of hydrogen-bond donors (Lipinski definition) is 1. The predicted octanol–water partition coefficient (Wildman–Crippen LogP) is 2.06. The van der Waals surface area contributed by atoms with Crippen LogP contribution in [-0.2, 0) is 0 Å². The minimum Gasteiger partial charge on any atom is -0.490 e. The van der Waals surface area contributed by atoms with Crippen LogP contribution in [0.3, 0.4) is 0 Å². The van der Waals surface area contributed by atoms with Crippen molar-refractivity contribution in [1.29, 1.82) is 0 Å². The number of methoxy groups -OCH3 is 1. The van der Waals surface area contributed by atoms with Crippen molar-refractivity contribution in [2.24, 2.45) is 5.73 Å². The van der Waals surface area contributed by atoms with Crippen LogP contribution >= 0.6 is 0 Å². The highest BCUT2D eigenvalue weighted by Crippen LogP contribution is 2.36. The topological polar surface area (TPSA) is 81.6 Å². The third-order valence-electron chi connectivity index (χ3n) is 3.67. The smallest absolute Gasteiger partial charge is 0.313 e. The Bertz CT molecular complexity index is 524. The van der Waals surface area contributed by atoms with E-state index < -0.39 is 10.7 Å². The molecule has 1 aromatic carbocycles. The molecule has 2 rings (SSSR count). The van der Waals surface area contributed by atoms with Crippen molar-refractivity contribution in [3.63, 3.8) is 0 Å². The standard InChI is InChI=1S/C13H18FN3O3/c1-8-5-9(15)3-4-16(8)11-7-13(20-2)12(17(18)19)6-10(11)14/h6-9H,3-5,15H2,1-2H3. The fraction of sp³-hybridized carbons (Fsp3) is 0.538. The van der Waals surface area contributed by atoms with Crippen LogP contribution in [-0.4, -0.2) is 30.7 Å². The molecule has 110 valence electrons. The molecule has 2 atom stereocenters. The molecule has 20 heavy (non-hydrogen) atoms. The molecular weight excluding hydrogens is 265 g/mol. The van der Waals surface area contributed by atoms with Crippen molar-refractivity contribution in [2.45, 2.75) is 31.8 Å². The van der Waals surface area contributed by atoms with E-state index in [1.54, 1.807) is 0 Å². The quantitative estimate of drug-likeness (QED) is 0.678. The summed E-state index contributed by atoms with van der Waals surface area (Å²) in [5.74, 6) is -0.548. The molecule has 1 fully saturated rings. The molecule has 1 aromatic rings. The summed E-state index contributed by atoms with van der Waals surface area (Å²) in [5, 5.41) is 10.9. The Kier molecular flexibility index (Phi) is 4.08. The zero-order chi connectivity index (χ0) is 14.9. The van der Waals surface area contributed by atoms with Crippen molar-refractivity contribution in [3.05, 3.63) is 28.1 Å². The van der Waals surface area contributed by atoms with E-state index in [0.717, 1.165) is 18.9 Å². The number of nitro benzene ring substituents is 1. The molecule has 0 spiro atoms. The van der Waals surface area contributed by atoms with Crippen LogP contribution < -0.4 is 15.4 Å². The van der Waals surface area contributed by atoms with Crippen LogP contribution in [0.2, 0.25) is 0 Å². The Hall–Kier alpha value is -1.89. The van der Waals surface area contributed by atoms with Gasteiger partial charge < -0.3 is 15.4 Å². The summed E-state index contributed by atoms with van der Waals surface area (Å²) in [6.45, 7) is 2.59. The summed E-state index contributed by atoms with van der Waals surface area (Å²) in [5.41, 5.74) is 5.85. The van der Waals surface area contributed by atoms with Crippen LogP contribution in [0, 0.1) is 15.9 Å². The molecule has 0 bridgehead atoms. The molecule has 0 aromatic heterocycles. The van der Waals surface area contributed by atoms with Crippen LogP contribution in [0.1, 0.15) is 19.8 Å². The Morgan fingerprint density at radius 2 is 2.25 bits per heavy atom. The van der Waals surface area contributed by atoms with E-state index in [2.05, 4.69) is 0 Å². The number of nitrogens with zero attached hydrogens (tertiary/aromatic N) is 2. The Morgan fingerprint density at radius 3 is 2.80 bits per heavy atom. The average molecular weight is 283 g/mol. The highest BCUT2D eigenvalue weighted by molar-refractivity contribution is 5.61. The third kappa shape index (κ3) is 2.67. The van der Waals surface area contributed by atoms with Crippen molar-refractivity contribution < 1.29 is 14.1 Å². The second-order valence-electron chi connectivity index (χ2n) is 5.06. The normalized spacial score (nSPS) is 22.7. The monoisotopic (exact) mass is 283 g/mol. The van der Waals surface area contributed by atoms with Gasteiger partial charge in [-0.3, -0.25) is 10.1 Å². The number of nitro groups is 1. The lowest BCUT2D eigenvalue weighted by Gasteiger charge is -2.38. The molecule has 1 heterocycles. The second-order valence-corrected chi connectivity index (χ2v) is 5.06. The molecule has 1 saturated heterocycles. The van der Waals surface area contributed by atoms with Gasteiger partial charge in [-0.15, -0.1) is 0 Å². The summed E-state index contributed by atoms with van der Waals surface area (Å²) in [4.78, 5) is 12.1. The van der Waals surface area contributed by atoms with Gasteiger partial charge in [0.15, 0.2) is 11.6 Å². The number of halogens is 1. The first-order valence-corrected chi connectivity index (χ1v) is 6.48. The van der Waals surface area contributed by atoms with E-state index >= 15 is 0 Å². The van der Waals surface area contributed by atoms with Gasteiger partial charge in [-0.2, -0.15) is 0 Å². The zero-order valence-electron chi connectivity index (χ0n) is 11.5. The highest BCUT2D eigenvalue weighted by atomic mass is 19.1. The average Bonchev–Trinajstić information content (AvgIpc) is 2.39. The van der Waals surface area contributed by atoms with Gasteiger partial charge in [0.2, 0.25) is 0 Å². The highest BCUT2D eigenvalue weighted by Gasteiger charge is 2.28. The second kappa shape index (κ2) is 5.62. The first-order chi connectivity index (χ1) is 9.43. The molecule has 2 N–H and O–H groups in total. The largest absolute Gasteiger partial charge is 0.490 e. The molecule has 0 aliphatic carbocycles. The molecule has 0 saturated carbocycles. The molecule has 0 radical (unpaired) electrons. The Labute approximate surface area is 116 Å². The third-order valence-corrected chi connectivity index (χ3v) is 3.67. The minimum absolute atomic E-state index is 0.0634. The SMILES string of the molecule is COc1cc(N2CCC(N)CC2C)c(F)cc1[N+](=O)[O-]. The van der Waals surface area contributed by atoms with Crippen molar-refractivity contribution in [3.8, 4) is 5.75 Å². The molecule has 2 unspecified atom stereocenters. The van der Waals surface area contributed by atoms with E-state index in [-0.39, 0.29) is 23.5 Å². The van der Waals surface area contributed by atoms with Gasteiger partial charge in [-0.25, -0.2) is 4.39 Å². The van der Waals surface area contributed by atoms with Crippen LogP contribution in [0.5, 0.6) is 5.75 Å². The molecule has 1 aliphatic heterocycles. The number of nitrogens with two attached hydrogens (primary N) is 1. The minimum atomic E-state index is -0.652. The first-order valence-electron chi connectivity index (χ1n) is 6.48. The fourth-order valence-electron chi connectivity index (χ4n) is 2.62. The number of piperidine rings is 1. The van der Waals surface area contributed by atoms with Gasteiger partial charge >= 0.3 is 5.69 Å². The number of ether oxygens (including phenoxy) is 1. The van der Waals surface area contributed by atoms with Crippen molar-refractivity contribution in [1.82, 2.24) is 0 Å². The first kappa shape index (κ1) is 14.5. The maximum absolute atomic E-state index is 14.1. The molecule has 6 nitrogen and oxygen atoms in total. The number of rotatable bonds is 3. The number of benzene rings is 1. The maximum atomic E-state index is 14.1. The number of anilines is 1. The lowest BCUT2D eigenvalue weighted by atomic mass is 9.98. The van der Waals surface area contributed by atoms with Gasteiger partial charge in [-0.1, -0.05) is 0 Å². The van der Waals surface area contributed by atoms with E-state index in [1.807, 2.05) is 11.8 Å². The molecular formula is C13H18FN3O3. The Balaban J connectivity index is 2.39. The van der Waals surface area contributed by atoms with Crippen LogP contribution in [0.25, 0.3) is 0 Å². The van der Waals surface area contributed by atoms with E-state index in [0.29, 0.717) is 12.2 Å². The molecule has 1 aliphatic rings. The number of hydrogen-bond acceptors (Lipinski definition) is 5. The summed E-state index contributed by atoms with van der Waals surface area (Å²) in [7, 11) is 1.33. The van der Waals surface area contributed by atoms with Crippen molar-refractivity contribution in [2.75, 3.05) is 18.6 Å². The zero-order valence-corrected chi connectivity index (χ0v) is 11.5. The van der Waals surface area contributed by atoms with E-state index in [4.69, 9.17) is 10.5 Å². The fourth-order valence-corrected chi connectivity index (χ4v) is 2.62. The van der Waals surface area contributed by atoms with Gasteiger partial charge in [0.1, 0.15) is 0 Å². The molecule has 7 heteroatoms. The predicted molar refractivity (Wildman–Crippen MR) is 73.6 cm³/mol. The summed E-state index contributed by atoms with van der Waals surface area (Å²) < 4.78 is 19.1. The van der Waals surface area contributed by atoms with Crippen molar-refractivity contribution >= 4 is 11.4 Å². The maximum Gasteiger partial charge on any atom is 0.313 e.